The van der Waals surface area contributed by atoms with Crippen molar-refractivity contribution in [2.45, 2.75) is 10.8 Å². The molecule has 0 atom stereocenters. The number of hydrogen-bond donors (Lipinski definition) is 2. The van der Waals surface area contributed by atoms with Crippen molar-refractivity contribution in [2.75, 3.05) is 5.32 Å². The minimum atomic E-state index is -3.92. The fourth-order valence-corrected chi connectivity index (χ4v) is 2.24. The zero-order chi connectivity index (χ0) is 17.3. The van der Waals surface area contributed by atoms with Crippen molar-refractivity contribution in [2.24, 2.45) is 5.14 Å². The summed E-state index contributed by atoms with van der Waals surface area (Å²) in [5, 5.41) is 6.86. The molecular formula is C14H11F3N2O3S. The number of carbonyl (C=O) groups is 1. The molecule has 3 N–H and O–H groups in total. The van der Waals surface area contributed by atoms with Gasteiger partial charge in [0.05, 0.1) is 4.90 Å². The lowest BCUT2D eigenvalue weighted by molar-refractivity contribution is -0.140. The molecule has 9 heteroatoms. The van der Waals surface area contributed by atoms with E-state index < -0.39 is 33.2 Å². The van der Waals surface area contributed by atoms with E-state index >= 15 is 0 Å². The molecule has 23 heavy (non-hydrogen) atoms. The highest BCUT2D eigenvalue weighted by atomic mass is 32.2. The van der Waals surface area contributed by atoms with Crippen molar-refractivity contribution >= 4 is 21.6 Å². The predicted octanol–water partition coefficient (Wildman–Crippen LogP) is 2.20. The summed E-state index contributed by atoms with van der Waals surface area (Å²) in [6.07, 6.45) is 0. The number of anilines is 1. The molecule has 0 aromatic heterocycles. The van der Waals surface area contributed by atoms with Gasteiger partial charge in [0.25, 0.3) is 5.91 Å². The molecule has 0 bridgehead atoms. The molecule has 0 aliphatic heterocycles. The maximum Gasteiger partial charge on any atom is 0.350 e. The van der Waals surface area contributed by atoms with E-state index in [1.54, 1.807) is 0 Å². The summed E-state index contributed by atoms with van der Waals surface area (Å²) < 4.78 is 62.9. The maximum absolute atomic E-state index is 14.0. The second kappa shape index (κ2) is 6.01. The van der Waals surface area contributed by atoms with Crippen LogP contribution in [0.3, 0.4) is 0 Å². The van der Waals surface area contributed by atoms with Crippen molar-refractivity contribution < 1.29 is 26.4 Å². The van der Waals surface area contributed by atoms with Gasteiger partial charge in [-0.15, -0.1) is 0 Å². The number of nitrogens with one attached hydrogen (secondary N) is 1. The third-order valence-electron chi connectivity index (χ3n) is 2.93. The molecule has 2 aromatic rings. The normalized spacial score (nSPS) is 12.0. The minimum Gasteiger partial charge on any atom is -0.321 e. The van der Waals surface area contributed by atoms with Gasteiger partial charge in [-0.2, -0.15) is 8.78 Å². The number of nitrogens with two attached hydrogens (primary N) is 1. The summed E-state index contributed by atoms with van der Waals surface area (Å²) in [7, 11) is -3.92. The third kappa shape index (κ3) is 3.88. The summed E-state index contributed by atoms with van der Waals surface area (Å²) in [5.74, 6) is -6.22. The van der Waals surface area contributed by atoms with Crippen molar-refractivity contribution in [3.63, 3.8) is 0 Å². The van der Waals surface area contributed by atoms with E-state index in [1.807, 2.05) is 5.32 Å². The molecule has 0 aliphatic rings. The lowest BCUT2D eigenvalue weighted by Gasteiger charge is -2.16. The van der Waals surface area contributed by atoms with Gasteiger partial charge < -0.3 is 5.32 Å². The molecule has 0 spiro atoms. The molecule has 0 fully saturated rings. The minimum absolute atomic E-state index is 0.0378. The van der Waals surface area contributed by atoms with Gasteiger partial charge in [-0.05, 0) is 48.5 Å². The summed E-state index contributed by atoms with van der Waals surface area (Å²) in [6.45, 7) is 0. The lowest BCUT2D eigenvalue weighted by atomic mass is 10.1. The van der Waals surface area contributed by atoms with E-state index in [-0.39, 0.29) is 10.6 Å². The Labute approximate surface area is 130 Å². The quantitative estimate of drug-likeness (QED) is 0.891. The number of benzene rings is 2. The van der Waals surface area contributed by atoms with Gasteiger partial charge in [0, 0.05) is 11.3 Å². The molecule has 122 valence electrons. The zero-order valence-corrected chi connectivity index (χ0v) is 12.3. The van der Waals surface area contributed by atoms with Crippen molar-refractivity contribution in [1.82, 2.24) is 0 Å². The van der Waals surface area contributed by atoms with Crippen LogP contribution >= 0.6 is 0 Å². The van der Waals surface area contributed by atoms with E-state index in [1.165, 1.54) is 0 Å². The highest BCUT2D eigenvalue weighted by molar-refractivity contribution is 7.89. The van der Waals surface area contributed by atoms with E-state index in [0.717, 1.165) is 48.5 Å². The van der Waals surface area contributed by atoms with Crippen LogP contribution in [0.2, 0.25) is 0 Å². The van der Waals surface area contributed by atoms with E-state index in [0.29, 0.717) is 0 Å². The Balaban J connectivity index is 2.19. The summed E-state index contributed by atoms with van der Waals surface area (Å²) in [4.78, 5) is 11.5. The SMILES string of the molecule is NS(=O)(=O)c1ccc(NC(=O)C(F)(F)c2ccc(F)cc2)cc1. The molecular weight excluding hydrogens is 333 g/mol. The van der Waals surface area contributed by atoms with Gasteiger partial charge in [-0.1, -0.05) is 0 Å². The van der Waals surface area contributed by atoms with E-state index in [2.05, 4.69) is 0 Å². The highest BCUT2D eigenvalue weighted by Crippen LogP contribution is 2.29. The summed E-state index contributed by atoms with van der Waals surface area (Å²) in [5.41, 5.74) is -0.707. The van der Waals surface area contributed by atoms with Crippen molar-refractivity contribution in [3.05, 3.63) is 59.9 Å². The van der Waals surface area contributed by atoms with Crippen LogP contribution in [-0.2, 0) is 20.7 Å². The largest absolute Gasteiger partial charge is 0.350 e. The van der Waals surface area contributed by atoms with Crippen LogP contribution in [0, 0.1) is 5.82 Å². The zero-order valence-electron chi connectivity index (χ0n) is 11.5. The summed E-state index contributed by atoms with van der Waals surface area (Å²) >= 11 is 0. The van der Waals surface area contributed by atoms with Crippen LogP contribution in [0.4, 0.5) is 18.9 Å². The number of primary sulfonamides is 1. The first-order valence-electron chi connectivity index (χ1n) is 6.19. The molecule has 1 amide bonds. The standard InChI is InChI=1S/C14H11F3N2O3S/c15-10-3-1-9(2-4-10)14(16,17)13(20)19-11-5-7-12(8-6-11)23(18,21)22/h1-8H,(H,19,20)(H2,18,21,22). The van der Waals surface area contributed by atoms with E-state index in [9.17, 15) is 26.4 Å². The lowest BCUT2D eigenvalue weighted by Crippen LogP contribution is -2.32. The Morgan fingerprint density at radius 2 is 1.52 bits per heavy atom. The van der Waals surface area contributed by atoms with E-state index in [4.69, 9.17) is 5.14 Å². The fraction of sp³-hybridized carbons (Fsp3) is 0.0714. The van der Waals surface area contributed by atoms with Crippen molar-refractivity contribution in [3.8, 4) is 0 Å². The molecule has 0 saturated heterocycles. The number of sulfonamides is 1. The maximum atomic E-state index is 14.0. The van der Waals surface area contributed by atoms with Gasteiger partial charge in [0.15, 0.2) is 0 Å². The number of alkyl halides is 2. The Morgan fingerprint density at radius 3 is 2.00 bits per heavy atom. The average Bonchev–Trinajstić information content (AvgIpc) is 2.47. The van der Waals surface area contributed by atoms with Gasteiger partial charge in [0.1, 0.15) is 5.82 Å². The van der Waals surface area contributed by atoms with Crippen LogP contribution in [0.25, 0.3) is 0 Å². The molecule has 0 radical (unpaired) electrons. The molecule has 0 unspecified atom stereocenters. The first-order chi connectivity index (χ1) is 10.6. The monoisotopic (exact) mass is 344 g/mol. The highest BCUT2D eigenvalue weighted by Gasteiger charge is 2.40. The van der Waals surface area contributed by atoms with Gasteiger partial charge >= 0.3 is 5.92 Å². The van der Waals surface area contributed by atoms with Crippen LogP contribution in [0.15, 0.2) is 53.4 Å². The molecule has 5 nitrogen and oxygen atoms in total. The second-order valence-corrected chi connectivity index (χ2v) is 6.17. The number of rotatable bonds is 4. The first-order valence-corrected chi connectivity index (χ1v) is 7.73. The number of hydrogen-bond acceptors (Lipinski definition) is 3. The number of amides is 1. The average molecular weight is 344 g/mol. The van der Waals surface area contributed by atoms with Crippen LogP contribution in [0.5, 0.6) is 0 Å². The topological polar surface area (TPSA) is 89.3 Å². The smallest absolute Gasteiger partial charge is 0.321 e. The molecule has 0 saturated carbocycles. The van der Waals surface area contributed by atoms with Crippen LogP contribution in [-0.4, -0.2) is 14.3 Å². The van der Waals surface area contributed by atoms with Crippen molar-refractivity contribution in [1.29, 1.82) is 0 Å². The van der Waals surface area contributed by atoms with Crippen LogP contribution in [0.1, 0.15) is 5.56 Å². The number of carbonyl (C=O) groups excluding carboxylic acids is 1. The second-order valence-electron chi connectivity index (χ2n) is 4.60. The first kappa shape index (κ1) is 17.0. The van der Waals surface area contributed by atoms with Crippen LogP contribution < -0.4 is 10.5 Å². The van der Waals surface area contributed by atoms with Gasteiger partial charge in [-0.25, -0.2) is 17.9 Å². The van der Waals surface area contributed by atoms with Gasteiger partial charge in [-0.3, -0.25) is 4.79 Å². The van der Waals surface area contributed by atoms with Gasteiger partial charge in [0.2, 0.25) is 10.0 Å². The Morgan fingerprint density at radius 1 is 1.00 bits per heavy atom. The molecule has 2 aromatic carbocycles. The fourth-order valence-electron chi connectivity index (χ4n) is 1.73. The molecule has 2 rings (SSSR count). The Bertz CT molecular complexity index is 819. The summed E-state index contributed by atoms with van der Waals surface area (Å²) in [6, 6.07) is 7.63. The molecule has 0 heterocycles. The molecule has 0 aliphatic carbocycles. The number of halogens is 3. The predicted molar refractivity (Wildman–Crippen MR) is 76.7 cm³/mol. The third-order valence-corrected chi connectivity index (χ3v) is 3.86. The Kier molecular flexibility index (Phi) is 4.44. The Hall–Kier alpha value is -2.39.